The molecule has 0 spiro atoms. The predicted octanol–water partition coefficient (Wildman–Crippen LogP) is 14.0. The fourth-order valence-electron chi connectivity index (χ4n) is 8.50. The molecule has 0 unspecified atom stereocenters. The molecule has 0 N–H and O–H groups in total. The van der Waals surface area contributed by atoms with Crippen molar-refractivity contribution in [3.8, 4) is 11.5 Å². The summed E-state index contributed by atoms with van der Waals surface area (Å²) in [4.78, 5) is 7.27. The van der Waals surface area contributed by atoms with E-state index >= 15 is 0 Å². The van der Waals surface area contributed by atoms with Gasteiger partial charge < -0.3 is 18.2 Å². The minimum atomic E-state index is 0.620. The van der Waals surface area contributed by atoms with Crippen LogP contribution in [0.4, 0.5) is 17.1 Å². The van der Waals surface area contributed by atoms with Gasteiger partial charge in [0.25, 0.3) is 0 Å². The van der Waals surface area contributed by atoms with Crippen LogP contribution in [0.5, 0.6) is 0 Å². The third kappa shape index (κ3) is 4.42. The number of oxazole rings is 1. The van der Waals surface area contributed by atoms with Crippen LogP contribution in [0.15, 0.2) is 165 Å². The highest BCUT2D eigenvalue weighted by Crippen LogP contribution is 2.43. The van der Waals surface area contributed by atoms with Gasteiger partial charge in [0.05, 0.1) is 0 Å². The molecule has 0 fully saturated rings. The maximum atomic E-state index is 6.59. The summed E-state index contributed by atoms with van der Waals surface area (Å²) in [5.74, 6) is 1.58. The summed E-state index contributed by atoms with van der Waals surface area (Å²) in [6.07, 6.45) is 6.28. The van der Waals surface area contributed by atoms with Gasteiger partial charge >= 0.3 is 0 Å². The maximum absolute atomic E-state index is 6.59. The van der Waals surface area contributed by atoms with E-state index in [2.05, 4.69) is 120 Å². The molecule has 0 atom stereocenters. The first-order valence-corrected chi connectivity index (χ1v) is 18.4. The van der Waals surface area contributed by atoms with Gasteiger partial charge in [-0.15, -0.1) is 0 Å². The van der Waals surface area contributed by atoms with Crippen LogP contribution in [0.25, 0.3) is 93.9 Å². The van der Waals surface area contributed by atoms with E-state index in [0.717, 1.165) is 118 Å². The predicted molar refractivity (Wildman–Crippen MR) is 221 cm³/mol. The molecule has 0 bridgehead atoms. The van der Waals surface area contributed by atoms with E-state index in [-0.39, 0.29) is 0 Å². The van der Waals surface area contributed by atoms with Crippen LogP contribution >= 0.6 is 0 Å². The molecule has 1 aliphatic rings. The van der Waals surface area contributed by atoms with Crippen molar-refractivity contribution < 1.29 is 13.3 Å². The highest BCUT2D eigenvalue weighted by atomic mass is 16.3. The number of para-hydroxylation sites is 1. The molecular weight excluding hydrogens is 665 g/mol. The van der Waals surface area contributed by atoms with E-state index in [0.29, 0.717) is 5.89 Å². The van der Waals surface area contributed by atoms with Crippen molar-refractivity contribution >= 4 is 99.5 Å². The summed E-state index contributed by atoms with van der Waals surface area (Å²) in [6, 6.07) is 51.4. The van der Waals surface area contributed by atoms with Crippen molar-refractivity contribution in [2.45, 2.75) is 12.8 Å². The molecule has 3 heterocycles. The topological polar surface area (TPSA) is 55.6 Å². The molecular formula is C49H30N2O3. The molecule has 5 heteroatoms. The van der Waals surface area contributed by atoms with Gasteiger partial charge in [0.1, 0.15) is 28.0 Å². The molecule has 3 aromatic heterocycles. The second kappa shape index (κ2) is 11.2. The first-order chi connectivity index (χ1) is 26.7. The van der Waals surface area contributed by atoms with Crippen LogP contribution in [-0.4, -0.2) is 4.98 Å². The molecule has 0 aliphatic heterocycles. The molecule has 11 aromatic rings. The SMILES string of the molecule is C1=Cc2oc3ccc(N(c4ccc5cc6c(cc5c4)oc4ccccc46)c4ccc5ccc6ccc7nc(-c8ccccc8)oc7c6c5c4)cc3c2CC1. The Bertz CT molecular complexity index is 3350. The normalized spacial score (nSPS) is 13.0. The summed E-state index contributed by atoms with van der Waals surface area (Å²) >= 11 is 0. The van der Waals surface area contributed by atoms with Gasteiger partial charge in [0.15, 0.2) is 5.58 Å². The zero-order valence-corrected chi connectivity index (χ0v) is 29.0. The summed E-state index contributed by atoms with van der Waals surface area (Å²) in [6.45, 7) is 0. The van der Waals surface area contributed by atoms with Crippen molar-refractivity contribution in [3.63, 3.8) is 0 Å². The minimum absolute atomic E-state index is 0.620. The van der Waals surface area contributed by atoms with Gasteiger partial charge in [0.2, 0.25) is 5.89 Å². The Morgan fingerprint density at radius 2 is 1.24 bits per heavy atom. The van der Waals surface area contributed by atoms with E-state index < -0.39 is 0 Å². The quantitative estimate of drug-likeness (QED) is 0.172. The van der Waals surface area contributed by atoms with Crippen molar-refractivity contribution in [3.05, 3.63) is 163 Å². The number of anilines is 3. The lowest BCUT2D eigenvalue weighted by Crippen LogP contribution is -2.10. The van der Waals surface area contributed by atoms with Crippen LogP contribution in [0.1, 0.15) is 17.7 Å². The van der Waals surface area contributed by atoms with Gasteiger partial charge in [-0.05, 0) is 125 Å². The Morgan fingerprint density at radius 1 is 0.500 bits per heavy atom. The molecule has 254 valence electrons. The van der Waals surface area contributed by atoms with Crippen molar-refractivity contribution in [2.24, 2.45) is 0 Å². The molecule has 0 saturated carbocycles. The Balaban J connectivity index is 1.09. The number of hydrogen-bond acceptors (Lipinski definition) is 5. The number of aryl methyl sites for hydroxylation is 1. The molecule has 1 aliphatic carbocycles. The Hall–Kier alpha value is -7.11. The lowest BCUT2D eigenvalue weighted by atomic mass is 9.99. The van der Waals surface area contributed by atoms with E-state index in [1.807, 2.05) is 42.5 Å². The highest BCUT2D eigenvalue weighted by Gasteiger charge is 2.21. The largest absolute Gasteiger partial charge is 0.456 e. The summed E-state index contributed by atoms with van der Waals surface area (Å²) in [7, 11) is 0. The van der Waals surface area contributed by atoms with Crippen molar-refractivity contribution in [1.29, 1.82) is 0 Å². The fraction of sp³-hybridized carbons (Fsp3) is 0.0408. The van der Waals surface area contributed by atoms with Crippen molar-refractivity contribution in [1.82, 2.24) is 4.98 Å². The maximum Gasteiger partial charge on any atom is 0.227 e. The van der Waals surface area contributed by atoms with Gasteiger partial charge in [-0.3, -0.25) is 0 Å². The fourth-order valence-corrected chi connectivity index (χ4v) is 8.50. The molecule has 0 amide bonds. The molecule has 0 radical (unpaired) electrons. The number of nitrogens with zero attached hydrogens (tertiary/aromatic N) is 2. The van der Waals surface area contributed by atoms with E-state index in [1.54, 1.807) is 0 Å². The number of rotatable bonds is 4. The van der Waals surface area contributed by atoms with Gasteiger partial charge in [0, 0.05) is 49.7 Å². The molecule has 8 aromatic carbocycles. The minimum Gasteiger partial charge on any atom is -0.456 e. The Labute approximate surface area is 309 Å². The zero-order valence-electron chi connectivity index (χ0n) is 29.0. The van der Waals surface area contributed by atoms with Gasteiger partial charge in [-0.1, -0.05) is 72.8 Å². The summed E-state index contributed by atoms with van der Waals surface area (Å²) in [5, 5.41) is 10.1. The standard InChI is InChI=1S/C49H30N2O3/c1-2-8-31(9-3-1)49-50-42-22-18-30-15-14-29-16-19-35(27-39(29)47(30)48(42)54-49)51(36-21-23-45-41(28-36)38-11-5-6-12-43(38)52-45)34-20-17-32-25-40-37-10-4-7-13-44(37)53-46(40)26-33(32)24-34/h1-4,6-10,12-28H,5,11H2. The average Bonchev–Trinajstić information content (AvgIpc) is 3.93. The molecule has 12 rings (SSSR count). The zero-order chi connectivity index (χ0) is 35.3. The number of aromatic nitrogens is 1. The third-order valence-electron chi connectivity index (χ3n) is 11.1. The first-order valence-electron chi connectivity index (χ1n) is 18.4. The number of allylic oxidation sites excluding steroid dienone is 1. The molecule has 0 saturated heterocycles. The van der Waals surface area contributed by atoms with Crippen LogP contribution < -0.4 is 4.90 Å². The third-order valence-corrected chi connectivity index (χ3v) is 11.1. The average molecular weight is 695 g/mol. The van der Waals surface area contributed by atoms with E-state index in [9.17, 15) is 0 Å². The number of benzene rings is 8. The Morgan fingerprint density at radius 3 is 2.17 bits per heavy atom. The summed E-state index contributed by atoms with van der Waals surface area (Å²) < 4.78 is 19.2. The summed E-state index contributed by atoms with van der Waals surface area (Å²) in [5.41, 5.74) is 9.69. The second-order valence-electron chi connectivity index (χ2n) is 14.2. The van der Waals surface area contributed by atoms with Crippen LogP contribution in [0.2, 0.25) is 0 Å². The Kier molecular flexibility index (Phi) is 6.11. The smallest absolute Gasteiger partial charge is 0.227 e. The number of furan rings is 2. The second-order valence-corrected chi connectivity index (χ2v) is 14.2. The van der Waals surface area contributed by atoms with Crippen LogP contribution in [-0.2, 0) is 6.42 Å². The number of fused-ring (bicyclic) bond motifs is 12. The van der Waals surface area contributed by atoms with Crippen molar-refractivity contribution in [2.75, 3.05) is 4.90 Å². The van der Waals surface area contributed by atoms with E-state index in [4.69, 9.17) is 18.2 Å². The molecule has 54 heavy (non-hydrogen) atoms. The highest BCUT2D eigenvalue weighted by molar-refractivity contribution is 6.19. The van der Waals surface area contributed by atoms with Crippen LogP contribution in [0, 0.1) is 0 Å². The van der Waals surface area contributed by atoms with Gasteiger partial charge in [-0.2, -0.15) is 0 Å². The lowest BCUT2D eigenvalue weighted by molar-refractivity contribution is 0.595. The monoisotopic (exact) mass is 694 g/mol. The van der Waals surface area contributed by atoms with E-state index in [1.165, 1.54) is 5.56 Å². The van der Waals surface area contributed by atoms with Gasteiger partial charge in [-0.25, -0.2) is 4.98 Å². The first kappa shape index (κ1) is 29.5. The lowest BCUT2D eigenvalue weighted by Gasteiger charge is -2.26. The molecule has 5 nitrogen and oxygen atoms in total. The number of hydrogen-bond donors (Lipinski definition) is 0. The van der Waals surface area contributed by atoms with Crippen LogP contribution in [0.3, 0.4) is 0 Å².